The molecule has 2 heterocycles. The molecule has 0 aliphatic heterocycles. The molecule has 4 atom stereocenters. The van der Waals surface area contributed by atoms with Crippen molar-refractivity contribution in [2.45, 2.75) is 43.5 Å². The molecule has 0 saturated heterocycles. The zero-order valence-corrected chi connectivity index (χ0v) is 18.0. The van der Waals surface area contributed by atoms with Gasteiger partial charge in [0, 0.05) is 30.3 Å². The van der Waals surface area contributed by atoms with Gasteiger partial charge in [0.05, 0.1) is 0 Å². The molecular formula is C23H16F6S2. The molecule has 1 aliphatic carbocycles. The number of thiophene rings is 2. The second kappa shape index (κ2) is 6.48. The van der Waals surface area contributed by atoms with Crippen molar-refractivity contribution in [2.24, 2.45) is 0 Å². The predicted molar refractivity (Wildman–Crippen MR) is 113 cm³/mol. The number of benzene rings is 2. The van der Waals surface area contributed by atoms with Crippen LogP contribution in [0.1, 0.15) is 20.9 Å². The Hall–Kier alpha value is -2.06. The lowest BCUT2D eigenvalue weighted by Gasteiger charge is -2.37. The lowest BCUT2D eigenvalue weighted by atomic mass is 9.75. The molecule has 0 N–H and O–H groups in total. The third kappa shape index (κ3) is 2.32. The van der Waals surface area contributed by atoms with Gasteiger partial charge in [0.2, 0.25) is 17.5 Å². The number of alkyl halides is 6. The first kappa shape index (κ1) is 20.8. The zero-order chi connectivity index (χ0) is 22.3. The third-order valence-corrected chi connectivity index (χ3v) is 8.37. The SMILES string of the molecule is Cc1sc2ccccc2c1C1(F)C(F)C(F)C(F)(F)C1(F)c1c(C)sc2ccccc12. The summed E-state index contributed by atoms with van der Waals surface area (Å²) in [7, 11) is 0. The second-order valence-corrected chi connectivity index (χ2v) is 10.4. The average Bonchev–Trinajstić information content (AvgIpc) is 3.28. The van der Waals surface area contributed by atoms with Crippen molar-refractivity contribution in [2.75, 3.05) is 0 Å². The van der Waals surface area contributed by atoms with E-state index in [-0.39, 0.29) is 20.5 Å². The Kier molecular flexibility index (Phi) is 4.35. The molecular weight excluding hydrogens is 454 g/mol. The monoisotopic (exact) mass is 470 g/mol. The predicted octanol–water partition coefficient (Wildman–Crippen LogP) is 8.09. The summed E-state index contributed by atoms with van der Waals surface area (Å²) in [5.41, 5.74) is -9.39. The van der Waals surface area contributed by atoms with Gasteiger partial charge in [-0.05, 0) is 36.8 Å². The molecule has 1 fully saturated rings. The highest BCUT2D eigenvalue weighted by Gasteiger charge is 2.85. The van der Waals surface area contributed by atoms with E-state index in [1.54, 1.807) is 24.3 Å². The number of halogens is 6. The maximum atomic E-state index is 16.9. The van der Waals surface area contributed by atoms with E-state index in [0.717, 1.165) is 22.7 Å². The minimum atomic E-state index is -4.93. The van der Waals surface area contributed by atoms with Crippen LogP contribution in [0.4, 0.5) is 26.3 Å². The smallest absolute Gasteiger partial charge is 0.240 e. The van der Waals surface area contributed by atoms with E-state index in [4.69, 9.17) is 0 Å². The fourth-order valence-corrected chi connectivity index (χ4v) is 7.11. The van der Waals surface area contributed by atoms with Crippen LogP contribution in [0.5, 0.6) is 0 Å². The molecule has 4 aromatic rings. The second-order valence-electron chi connectivity index (χ2n) is 7.86. The lowest BCUT2D eigenvalue weighted by Crippen LogP contribution is -2.51. The van der Waals surface area contributed by atoms with Crippen LogP contribution in [0.15, 0.2) is 48.5 Å². The molecule has 0 nitrogen and oxygen atoms in total. The summed E-state index contributed by atoms with van der Waals surface area (Å²) in [5.74, 6) is -4.93. The van der Waals surface area contributed by atoms with Crippen LogP contribution >= 0.6 is 22.7 Å². The number of aryl methyl sites for hydroxylation is 2. The number of fused-ring (bicyclic) bond motifs is 2. The zero-order valence-electron chi connectivity index (χ0n) is 16.4. The molecule has 31 heavy (non-hydrogen) atoms. The van der Waals surface area contributed by atoms with E-state index in [2.05, 4.69) is 0 Å². The van der Waals surface area contributed by atoms with Crippen LogP contribution in [0, 0.1) is 13.8 Å². The van der Waals surface area contributed by atoms with Gasteiger partial charge < -0.3 is 0 Å². The first-order valence-corrected chi connectivity index (χ1v) is 11.2. The number of hydrogen-bond donors (Lipinski definition) is 0. The summed E-state index contributed by atoms with van der Waals surface area (Å²) in [6.07, 6.45) is -7.03. The highest BCUT2D eigenvalue weighted by atomic mass is 32.1. The number of hydrogen-bond acceptors (Lipinski definition) is 2. The Morgan fingerprint density at radius 1 is 0.677 bits per heavy atom. The van der Waals surface area contributed by atoms with Gasteiger partial charge in [-0.15, -0.1) is 22.7 Å². The van der Waals surface area contributed by atoms with E-state index in [9.17, 15) is 4.39 Å². The Balaban J connectivity index is 1.94. The van der Waals surface area contributed by atoms with Crippen molar-refractivity contribution < 1.29 is 26.3 Å². The Morgan fingerprint density at radius 3 is 1.68 bits per heavy atom. The molecule has 5 rings (SSSR count). The molecule has 1 saturated carbocycles. The van der Waals surface area contributed by atoms with E-state index in [1.165, 1.54) is 38.1 Å². The van der Waals surface area contributed by atoms with E-state index >= 15 is 22.0 Å². The van der Waals surface area contributed by atoms with Crippen LogP contribution < -0.4 is 0 Å². The van der Waals surface area contributed by atoms with Crippen LogP contribution in [0.25, 0.3) is 20.2 Å². The van der Waals surface area contributed by atoms with Crippen LogP contribution in [0.3, 0.4) is 0 Å². The maximum Gasteiger partial charge on any atom is 0.322 e. The van der Waals surface area contributed by atoms with Crippen molar-refractivity contribution in [3.63, 3.8) is 0 Å². The molecule has 0 bridgehead atoms. The van der Waals surface area contributed by atoms with Gasteiger partial charge in [-0.2, -0.15) is 8.78 Å². The summed E-state index contributed by atoms with van der Waals surface area (Å²) in [5, 5.41) is 0.145. The molecule has 1 aliphatic rings. The standard InChI is InChI=1S/C23H16F6S2/c1-11-17(13-7-3-5-9-15(13)30-11)21(26)19(24)20(25)23(28,29)22(21,27)18-12(2)31-16-10-6-4-8-14(16)18/h3-10,19-20H,1-2H3. The maximum absolute atomic E-state index is 16.9. The summed E-state index contributed by atoms with van der Waals surface area (Å²) >= 11 is 2.03. The van der Waals surface area contributed by atoms with Crippen LogP contribution in [0.2, 0.25) is 0 Å². The summed E-state index contributed by atoms with van der Waals surface area (Å²) < 4.78 is 95.3. The van der Waals surface area contributed by atoms with E-state index in [0.29, 0.717) is 9.40 Å². The highest BCUT2D eigenvalue weighted by Crippen LogP contribution is 2.69. The van der Waals surface area contributed by atoms with Crippen molar-refractivity contribution in [3.05, 3.63) is 69.4 Å². The van der Waals surface area contributed by atoms with Crippen molar-refractivity contribution in [1.82, 2.24) is 0 Å². The van der Waals surface area contributed by atoms with Crippen LogP contribution in [-0.2, 0) is 11.3 Å². The van der Waals surface area contributed by atoms with E-state index in [1.807, 2.05) is 0 Å². The summed E-state index contributed by atoms with van der Waals surface area (Å²) in [6, 6.07) is 12.3. The third-order valence-electron chi connectivity index (χ3n) is 6.20. The molecule has 0 amide bonds. The highest BCUT2D eigenvalue weighted by molar-refractivity contribution is 7.19. The van der Waals surface area contributed by atoms with Gasteiger partial charge in [0.1, 0.15) is 0 Å². The molecule has 8 heteroatoms. The van der Waals surface area contributed by atoms with Crippen molar-refractivity contribution in [3.8, 4) is 0 Å². The topological polar surface area (TPSA) is 0 Å². The largest absolute Gasteiger partial charge is 0.322 e. The minimum Gasteiger partial charge on any atom is -0.240 e. The average molecular weight is 471 g/mol. The molecule has 0 spiro atoms. The van der Waals surface area contributed by atoms with Crippen molar-refractivity contribution in [1.29, 1.82) is 0 Å². The first-order valence-electron chi connectivity index (χ1n) is 9.57. The van der Waals surface area contributed by atoms with Gasteiger partial charge in [-0.1, -0.05) is 36.4 Å². The van der Waals surface area contributed by atoms with Gasteiger partial charge in [0.25, 0.3) is 0 Å². The quantitative estimate of drug-likeness (QED) is 0.260. The fraction of sp³-hybridized carbons (Fsp3) is 0.304. The van der Waals surface area contributed by atoms with Gasteiger partial charge >= 0.3 is 5.92 Å². The fourth-order valence-electron chi connectivity index (χ4n) is 4.88. The Labute approximate surface area is 182 Å². The summed E-state index contributed by atoms with van der Waals surface area (Å²) in [6.45, 7) is 2.78. The molecule has 2 aromatic carbocycles. The van der Waals surface area contributed by atoms with Gasteiger partial charge in [-0.25, -0.2) is 17.6 Å². The lowest BCUT2D eigenvalue weighted by molar-refractivity contribution is -0.188. The molecule has 2 aromatic heterocycles. The minimum absolute atomic E-state index is 0.0349. The molecule has 0 radical (unpaired) electrons. The Morgan fingerprint density at radius 2 is 1.13 bits per heavy atom. The van der Waals surface area contributed by atoms with Gasteiger partial charge in [-0.3, -0.25) is 0 Å². The van der Waals surface area contributed by atoms with Gasteiger partial charge in [0.15, 0.2) is 6.17 Å². The Bertz CT molecular complexity index is 1320. The summed E-state index contributed by atoms with van der Waals surface area (Å²) in [4.78, 5) is 0.194. The molecule has 162 valence electrons. The van der Waals surface area contributed by atoms with E-state index < -0.39 is 40.7 Å². The normalized spacial score (nSPS) is 30.5. The van der Waals surface area contributed by atoms with Crippen LogP contribution in [-0.4, -0.2) is 18.3 Å². The molecule has 4 unspecified atom stereocenters. The first-order chi connectivity index (χ1) is 14.6. The van der Waals surface area contributed by atoms with Crippen molar-refractivity contribution >= 4 is 42.8 Å². The number of rotatable bonds is 2.